The summed E-state index contributed by atoms with van der Waals surface area (Å²) >= 11 is 6.02. The average molecular weight is 367 g/mol. The molecule has 0 aliphatic heterocycles. The van der Waals surface area contributed by atoms with Gasteiger partial charge in [0.05, 0.1) is 22.9 Å². The summed E-state index contributed by atoms with van der Waals surface area (Å²) in [6, 6.07) is 8.03. The summed E-state index contributed by atoms with van der Waals surface area (Å²) in [6.45, 7) is 4.00. The number of nitrogens with zero attached hydrogens (tertiary/aromatic N) is 4. The number of halogens is 1. The third-order valence-corrected chi connectivity index (χ3v) is 3.89. The molecule has 0 saturated heterocycles. The van der Waals surface area contributed by atoms with E-state index in [4.69, 9.17) is 16.9 Å². The van der Waals surface area contributed by atoms with Crippen molar-refractivity contribution in [2.75, 3.05) is 10.6 Å². The maximum absolute atomic E-state index is 12.4. The van der Waals surface area contributed by atoms with Crippen molar-refractivity contribution in [2.24, 2.45) is 0 Å². The average Bonchev–Trinajstić information content (AvgIpc) is 2.61. The number of amides is 2. The molecule has 0 saturated carbocycles. The SMILES string of the molecule is CC(C)c1c(NC(=O)Nc2ccnc(C#N)c2)cnc2ccc(Cl)nc12. The molecule has 0 bridgehead atoms. The minimum Gasteiger partial charge on any atom is -0.308 e. The Morgan fingerprint density at radius 2 is 2.04 bits per heavy atom. The number of hydrogen-bond donors (Lipinski definition) is 2. The second-order valence-corrected chi connectivity index (χ2v) is 6.25. The van der Waals surface area contributed by atoms with Gasteiger partial charge in [0.25, 0.3) is 0 Å². The summed E-state index contributed by atoms with van der Waals surface area (Å²) in [6.07, 6.45) is 3.05. The van der Waals surface area contributed by atoms with Gasteiger partial charge in [-0.1, -0.05) is 25.4 Å². The topological polar surface area (TPSA) is 104 Å². The van der Waals surface area contributed by atoms with Crippen LogP contribution in [-0.2, 0) is 0 Å². The molecular weight excluding hydrogens is 352 g/mol. The van der Waals surface area contributed by atoms with Gasteiger partial charge in [-0.15, -0.1) is 0 Å². The molecule has 26 heavy (non-hydrogen) atoms. The molecule has 0 atom stereocenters. The molecule has 3 rings (SSSR count). The number of urea groups is 1. The number of nitriles is 1. The molecule has 2 amide bonds. The number of nitrogens with one attached hydrogen (secondary N) is 2. The van der Waals surface area contributed by atoms with Crippen LogP contribution < -0.4 is 10.6 Å². The molecule has 130 valence electrons. The molecule has 3 heterocycles. The van der Waals surface area contributed by atoms with Crippen LogP contribution in [0.3, 0.4) is 0 Å². The Hall–Kier alpha value is -3.24. The first-order chi connectivity index (χ1) is 12.5. The van der Waals surface area contributed by atoms with E-state index in [0.717, 1.165) is 5.56 Å². The van der Waals surface area contributed by atoms with Crippen LogP contribution in [0, 0.1) is 11.3 Å². The summed E-state index contributed by atoms with van der Waals surface area (Å²) < 4.78 is 0. The van der Waals surface area contributed by atoms with Crippen LogP contribution in [0.2, 0.25) is 5.15 Å². The Morgan fingerprint density at radius 3 is 2.77 bits per heavy atom. The van der Waals surface area contributed by atoms with Gasteiger partial charge in [0, 0.05) is 17.4 Å². The predicted octanol–water partition coefficient (Wildman–Crippen LogP) is 4.32. The fourth-order valence-corrected chi connectivity index (χ4v) is 2.75. The molecule has 0 unspecified atom stereocenters. The Morgan fingerprint density at radius 1 is 1.23 bits per heavy atom. The highest BCUT2D eigenvalue weighted by atomic mass is 35.5. The van der Waals surface area contributed by atoms with Crippen molar-refractivity contribution >= 4 is 40.0 Å². The zero-order chi connectivity index (χ0) is 18.7. The third-order valence-electron chi connectivity index (χ3n) is 3.68. The molecule has 0 aliphatic rings. The van der Waals surface area contributed by atoms with E-state index < -0.39 is 6.03 Å². The van der Waals surface area contributed by atoms with Crippen LogP contribution in [0.25, 0.3) is 11.0 Å². The molecule has 0 aliphatic carbocycles. The van der Waals surface area contributed by atoms with Crippen LogP contribution >= 0.6 is 11.6 Å². The lowest BCUT2D eigenvalue weighted by Gasteiger charge is -2.16. The van der Waals surface area contributed by atoms with E-state index in [-0.39, 0.29) is 11.6 Å². The van der Waals surface area contributed by atoms with Gasteiger partial charge in [0.2, 0.25) is 0 Å². The van der Waals surface area contributed by atoms with Gasteiger partial charge in [-0.3, -0.25) is 4.98 Å². The fraction of sp³-hybridized carbons (Fsp3) is 0.167. The monoisotopic (exact) mass is 366 g/mol. The lowest BCUT2D eigenvalue weighted by atomic mass is 10.0. The first-order valence-electron chi connectivity index (χ1n) is 7.87. The summed E-state index contributed by atoms with van der Waals surface area (Å²) in [7, 11) is 0. The smallest absolute Gasteiger partial charge is 0.308 e. The molecule has 3 aromatic heterocycles. The van der Waals surface area contributed by atoms with E-state index in [1.165, 1.54) is 12.3 Å². The van der Waals surface area contributed by atoms with Gasteiger partial charge in [-0.25, -0.2) is 14.8 Å². The lowest BCUT2D eigenvalue weighted by Crippen LogP contribution is -2.21. The highest BCUT2D eigenvalue weighted by molar-refractivity contribution is 6.29. The highest BCUT2D eigenvalue weighted by Gasteiger charge is 2.16. The number of aromatic nitrogens is 3. The normalized spacial score (nSPS) is 10.6. The number of pyridine rings is 3. The first-order valence-corrected chi connectivity index (χ1v) is 8.25. The standard InChI is InChI=1S/C18H15ClN6O/c1-10(2)16-14(9-22-13-3-4-15(19)25-17(13)16)24-18(26)23-11-5-6-21-12(7-11)8-20/h3-7,9-10H,1-2H3,(H2,21,23,24,26). The predicted molar refractivity (Wildman–Crippen MR) is 100 cm³/mol. The van der Waals surface area contributed by atoms with Crippen molar-refractivity contribution in [1.29, 1.82) is 5.26 Å². The molecule has 2 N–H and O–H groups in total. The third kappa shape index (κ3) is 3.71. The van der Waals surface area contributed by atoms with Crippen molar-refractivity contribution in [2.45, 2.75) is 19.8 Å². The Bertz CT molecular complexity index is 1030. The van der Waals surface area contributed by atoms with Crippen molar-refractivity contribution in [3.63, 3.8) is 0 Å². The van der Waals surface area contributed by atoms with Gasteiger partial charge in [0.15, 0.2) is 0 Å². The maximum Gasteiger partial charge on any atom is 0.323 e. The number of hydrogen-bond acceptors (Lipinski definition) is 5. The minimum absolute atomic E-state index is 0.0906. The Balaban J connectivity index is 1.91. The van der Waals surface area contributed by atoms with Crippen molar-refractivity contribution in [3.05, 3.63) is 53.1 Å². The highest BCUT2D eigenvalue weighted by Crippen LogP contribution is 2.30. The number of carbonyl (C=O) groups excluding carboxylic acids is 1. The molecule has 0 radical (unpaired) electrons. The molecule has 0 fully saturated rings. The molecule has 7 nitrogen and oxygen atoms in total. The van der Waals surface area contributed by atoms with E-state index in [1.807, 2.05) is 19.9 Å². The largest absolute Gasteiger partial charge is 0.323 e. The second-order valence-electron chi connectivity index (χ2n) is 5.86. The lowest BCUT2D eigenvalue weighted by molar-refractivity contribution is 0.262. The van der Waals surface area contributed by atoms with E-state index in [9.17, 15) is 4.79 Å². The Kier molecular flexibility index (Phi) is 4.96. The minimum atomic E-state index is -0.454. The van der Waals surface area contributed by atoms with Gasteiger partial charge < -0.3 is 10.6 Å². The summed E-state index contributed by atoms with van der Waals surface area (Å²) in [4.78, 5) is 24.9. The number of anilines is 2. The van der Waals surface area contributed by atoms with Crippen molar-refractivity contribution in [1.82, 2.24) is 15.0 Å². The molecule has 8 heteroatoms. The molecular formula is C18H15ClN6O. The summed E-state index contributed by atoms with van der Waals surface area (Å²) in [5.41, 5.74) is 3.44. The van der Waals surface area contributed by atoms with Crippen LogP contribution in [0.1, 0.15) is 31.0 Å². The van der Waals surface area contributed by atoms with Crippen LogP contribution in [0.5, 0.6) is 0 Å². The van der Waals surface area contributed by atoms with Crippen molar-refractivity contribution < 1.29 is 4.79 Å². The zero-order valence-corrected chi connectivity index (χ0v) is 14.9. The van der Waals surface area contributed by atoms with Crippen molar-refractivity contribution in [3.8, 4) is 6.07 Å². The first kappa shape index (κ1) is 17.6. The maximum atomic E-state index is 12.4. The van der Waals surface area contributed by atoms with E-state index in [2.05, 4.69) is 25.6 Å². The van der Waals surface area contributed by atoms with E-state index in [1.54, 1.807) is 24.4 Å². The fourth-order valence-electron chi connectivity index (χ4n) is 2.60. The number of fused-ring (bicyclic) bond motifs is 1. The number of carbonyl (C=O) groups is 1. The van der Waals surface area contributed by atoms with Crippen LogP contribution in [0.15, 0.2) is 36.7 Å². The van der Waals surface area contributed by atoms with Crippen LogP contribution in [0.4, 0.5) is 16.2 Å². The second kappa shape index (κ2) is 7.33. The summed E-state index contributed by atoms with van der Waals surface area (Å²) in [5, 5.41) is 14.7. The quantitative estimate of drug-likeness (QED) is 0.672. The number of rotatable bonds is 3. The van der Waals surface area contributed by atoms with Gasteiger partial charge in [-0.2, -0.15) is 5.26 Å². The van der Waals surface area contributed by atoms with Crippen LogP contribution in [-0.4, -0.2) is 21.0 Å². The zero-order valence-electron chi connectivity index (χ0n) is 14.1. The molecule has 0 spiro atoms. The van der Waals surface area contributed by atoms with E-state index >= 15 is 0 Å². The van der Waals surface area contributed by atoms with E-state index in [0.29, 0.717) is 27.6 Å². The van der Waals surface area contributed by atoms with Gasteiger partial charge >= 0.3 is 6.03 Å². The van der Waals surface area contributed by atoms with Gasteiger partial charge in [0.1, 0.15) is 16.9 Å². The summed E-state index contributed by atoms with van der Waals surface area (Å²) in [5.74, 6) is 0.0906. The molecule has 3 aromatic rings. The van der Waals surface area contributed by atoms with Gasteiger partial charge in [-0.05, 0) is 30.2 Å². The Labute approximate surface area is 155 Å². The molecule has 0 aromatic carbocycles.